The van der Waals surface area contributed by atoms with Crippen molar-refractivity contribution in [2.45, 2.75) is 37.6 Å². The van der Waals surface area contributed by atoms with Crippen LogP contribution in [0, 0.1) is 11.2 Å². The third kappa shape index (κ3) is 3.14. The fraction of sp³-hybridized carbons (Fsp3) is 0.538. The maximum Gasteiger partial charge on any atom is 0.240 e. The lowest BCUT2D eigenvalue weighted by molar-refractivity contribution is 0.166. The molecule has 1 aliphatic carbocycles. The van der Waals surface area contributed by atoms with Crippen LogP contribution in [0.4, 0.5) is 4.39 Å². The molecule has 112 valence electrons. The molecule has 3 N–H and O–H groups in total. The van der Waals surface area contributed by atoms with E-state index in [9.17, 15) is 12.8 Å². The second kappa shape index (κ2) is 5.60. The first-order valence-electron chi connectivity index (χ1n) is 6.45. The first-order chi connectivity index (χ1) is 9.27. The van der Waals surface area contributed by atoms with Gasteiger partial charge in [0.05, 0.1) is 9.92 Å². The van der Waals surface area contributed by atoms with E-state index in [0.29, 0.717) is 6.54 Å². The van der Waals surface area contributed by atoms with E-state index in [1.165, 1.54) is 6.07 Å². The fourth-order valence-corrected chi connectivity index (χ4v) is 3.68. The van der Waals surface area contributed by atoms with Crippen LogP contribution in [-0.4, -0.2) is 15.0 Å². The van der Waals surface area contributed by atoms with Gasteiger partial charge >= 0.3 is 0 Å². The van der Waals surface area contributed by atoms with Crippen molar-refractivity contribution >= 4 is 21.6 Å². The van der Waals surface area contributed by atoms with Gasteiger partial charge in [0.25, 0.3) is 0 Å². The SMILES string of the molecule is CC1(CNS(=O)(=O)c2cc(F)c(Cl)c(CN)c2)CCC1. The highest BCUT2D eigenvalue weighted by Crippen LogP contribution is 2.39. The van der Waals surface area contributed by atoms with Crippen molar-refractivity contribution < 1.29 is 12.8 Å². The number of hydrogen-bond donors (Lipinski definition) is 2. The summed E-state index contributed by atoms with van der Waals surface area (Å²) in [7, 11) is -3.75. The molecule has 1 fully saturated rings. The van der Waals surface area contributed by atoms with Crippen LogP contribution in [0.1, 0.15) is 31.7 Å². The Hall–Kier alpha value is -0.690. The van der Waals surface area contributed by atoms with Crippen molar-refractivity contribution in [1.29, 1.82) is 0 Å². The molecule has 0 aliphatic heterocycles. The second-order valence-corrected chi connectivity index (χ2v) is 7.72. The zero-order valence-corrected chi connectivity index (χ0v) is 12.8. The van der Waals surface area contributed by atoms with Crippen LogP contribution in [0.15, 0.2) is 17.0 Å². The molecule has 0 spiro atoms. The van der Waals surface area contributed by atoms with Gasteiger partial charge in [-0.2, -0.15) is 0 Å². The Morgan fingerprint density at radius 3 is 2.60 bits per heavy atom. The predicted octanol–water partition coefficient (Wildman–Crippen LogP) is 2.41. The van der Waals surface area contributed by atoms with E-state index in [-0.39, 0.29) is 27.4 Å². The number of benzene rings is 1. The predicted molar refractivity (Wildman–Crippen MR) is 76.4 cm³/mol. The minimum absolute atomic E-state index is 0.00867. The molecule has 7 heteroatoms. The highest BCUT2D eigenvalue weighted by atomic mass is 35.5. The van der Waals surface area contributed by atoms with Crippen LogP contribution in [0.5, 0.6) is 0 Å². The van der Waals surface area contributed by atoms with Gasteiger partial charge in [0.15, 0.2) is 0 Å². The molecule has 0 aromatic heterocycles. The van der Waals surface area contributed by atoms with Gasteiger partial charge in [0.1, 0.15) is 5.82 Å². The summed E-state index contributed by atoms with van der Waals surface area (Å²) in [6.45, 7) is 2.38. The Bertz CT molecular complexity index is 615. The summed E-state index contributed by atoms with van der Waals surface area (Å²) < 4.78 is 40.5. The first-order valence-corrected chi connectivity index (χ1v) is 8.31. The van der Waals surface area contributed by atoms with Crippen molar-refractivity contribution in [3.8, 4) is 0 Å². The molecular weight excluding hydrogens is 303 g/mol. The molecule has 1 aromatic carbocycles. The Morgan fingerprint density at radius 2 is 2.10 bits per heavy atom. The molecular formula is C13H18ClFN2O2S. The van der Waals surface area contributed by atoms with Crippen LogP contribution < -0.4 is 10.5 Å². The zero-order chi connectivity index (χ0) is 15.0. The summed E-state index contributed by atoms with van der Waals surface area (Å²) in [5, 5.41) is -0.127. The highest BCUT2D eigenvalue weighted by molar-refractivity contribution is 7.89. The second-order valence-electron chi connectivity index (χ2n) is 5.57. The zero-order valence-electron chi connectivity index (χ0n) is 11.2. The van der Waals surface area contributed by atoms with Crippen molar-refractivity contribution in [3.63, 3.8) is 0 Å². The normalized spacial score (nSPS) is 17.8. The molecule has 0 unspecified atom stereocenters. The maximum atomic E-state index is 13.6. The Morgan fingerprint density at radius 1 is 1.45 bits per heavy atom. The number of hydrogen-bond acceptors (Lipinski definition) is 3. The third-order valence-corrected chi connectivity index (χ3v) is 5.66. The van der Waals surface area contributed by atoms with E-state index < -0.39 is 15.8 Å². The number of rotatable bonds is 5. The van der Waals surface area contributed by atoms with Gasteiger partial charge in [-0.15, -0.1) is 0 Å². The van der Waals surface area contributed by atoms with E-state index in [4.69, 9.17) is 17.3 Å². The molecule has 0 saturated heterocycles. The largest absolute Gasteiger partial charge is 0.326 e. The topological polar surface area (TPSA) is 72.2 Å². The van der Waals surface area contributed by atoms with Gasteiger partial charge in [-0.25, -0.2) is 17.5 Å². The van der Waals surface area contributed by atoms with Crippen molar-refractivity contribution in [3.05, 3.63) is 28.5 Å². The number of halogens is 2. The average Bonchev–Trinajstić information content (AvgIpc) is 2.37. The van der Waals surface area contributed by atoms with Gasteiger partial charge in [-0.05, 0) is 36.0 Å². The molecule has 0 amide bonds. The quantitative estimate of drug-likeness (QED) is 0.875. The van der Waals surface area contributed by atoms with Crippen molar-refractivity contribution in [2.24, 2.45) is 11.1 Å². The Balaban J connectivity index is 2.22. The summed E-state index contributed by atoms with van der Waals surface area (Å²) in [6, 6.07) is 2.24. The van der Waals surface area contributed by atoms with Crippen LogP contribution in [-0.2, 0) is 16.6 Å². The Labute approximate surface area is 123 Å². The summed E-state index contributed by atoms with van der Waals surface area (Å²) in [4.78, 5) is -0.136. The van der Waals surface area contributed by atoms with E-state index in [0.717, 1.165) is 25.3 Å². The molecule has 4 nitrogen and oxygen atoms in total. The minimum atomic E-state index is -3.75. The number of nitrogens with two attached hydrogens (primary N) is 1. The highest BCUT2D eigenvalue weighted by Gasteiger charge is 2.33. The number of nitrogens with one attached hydrogen (secondary N) is 1. The van der Waals surface area contributed by atoms with Gasteiger partial charge in [0, 0.05) is 13.1 Å². The molecule has 1 aliphatic rings. The standard InChI is InChI=1S/C13H18ClFN2O2S/c1-13(3-2-4-13)8-17-20(18,19)10-5-9(7-16)12(14)11(15)6-10/h5-6,17H,2-4,7-8,16H2,1H3. The maximum absolute atomic E-state index is 13.6. The minimum Gasteiger partial charge on any atom is -0.326 e. The van der Waals surface area contributed by atoms with Crippen molar-refractivity contribution in [1.82, 2.24) is 4.72 Å². The monoisotopic (exact) mass is 320 g/mol. The summed E-state index contributed by atoms with van der Waals surface area (Å²) in [5.41, 5.74) is 5.73. The van der Waals surface area contributed by atoms with Gasteiger partial charge in [-0.1, -0.05) is 24.9 Å². The molecule has 0 bridgehead atoms. The van der Waals surface area contributed by atoms with Gasteiger partial charge < -0.3 is 5.73 Å². The third-order valence-electron chi connectivity index (χ3n) is 3.86. The fourth-order valence-electron chi connectivity index (χ4n) is 2.23. The average molecular weight is 321 g/mol. The molecule has 20 heavy (non-hydrogen) atoms. The first kappa shape index (κ1) is 15.7. The van der Waals surface area contributed by atoms with E-state index in [1.54, 1.807) is 0 Å². The lowest BCUT2D eigenvalue weighted by Crippen LogP contribution is -2.39. The van der Waals surface area contributed by atoms with Crippen LogP contribution in [0.25, 0.3) is 0 Å². The smallest absolute Gasteiger partial charge is 0.240 e. The van der Waals surface area contributed by atoms with Gasteiger partial charge in [0.2, 0.25) is 10.0 Å². The molecule has 1 aromatic rings. The number of sulfonamides is 1. The van der Waals surface area contributed by atoms with E-state index >= 15 is 0 Å². The molecule has 0 heterocycles. The van der Waals surface area contributed by atoms with Crippen LogP contribution in [0.3, 0.4) is 0 Å². The summed E-state index contributed by atoms with van der Waals surface area (Å²) in [6.07, 6.45) is 3.11. The van der Waals surface area contributed by atoms with Crippen LogP contribution in [0.2, 0.25) is 5.02 Å². The van der Waals surface area contributed by atoms with Gasteiger partial charge in [-0.3, -0.25) is 0 Å². The lowest BCUT2D eigenvalue weighted by Gasteiger charge is -2.38. The summed E-state index contributed by atoms with van der Waals surface area (Å²) >= 11 is 5.73. The molecule has 0 atom stereocenters. The van der Waals surface area contributed by atoms with E-state index in [2.05, 4.69) is 4.72 Å². The molecule has 0 radical (unpaired) electrons. The molecule has 2 rings (SSSR count). The Kier molecular flexibility index (Phi) is 4.39. The van der Waals surface area contributed by atoms with Crippen molar-refractivity contribution in [2.75, 3.05) is 6.54 Å². The summed E-state index contributed by atoms with van der Waals surface area (Å²) in [5.74, 6) is -0.773. The molecule has 1 saturated carbocycles. The lowest BCUT2D eigenvalue weighted by atomic mass is 9.71. The van der Waals surface area contributed by atoms with E-state index in [1.807, 2.05) is 6.92 Å². The van der Waals surface area contributed by atoms with Crippen LogP contribution >= 0.6 is 11.6 Å².